The molecule has 0 aliphatic rings. The highest BCUT2D eigenvalue weighted by Gasteiger charge is 2.15. The summed E-state index contributed by atoms with van der Waals surface area (Å²) < 4.78 is 0. The van der Waals surface area contributed by atoms with E-state index in [9.17, 15) is 5.11 Å². The van der Waals surface area contributed by atoms with E-state index >= 15 is 0 Å². The Morgan fingerprint density at radius 1 is 1.36 bits per heavy atom. The van der Waals surface area contributed by atoms with Crippen LogP contribution in [0.3, 0.4) is 0 Å². The third-order valence-electron chi connectivity index (χ3n) is 2.28. The molecule has 1 unspecified atom stereocenters. The van der Waals surface area contributed by atoms with E-state index in [4.69, 9.17) is 0 Å². The molecule has 80 valence electrons. The average Bonchev–Trinajstić information content (AvgIpc) is 2.45. The molecular weight excluding hydrogens is 196 g/mol. The van der Waals surface area contributed by atoms with Crippen LogP contribution >= 0.6 is 11.3 Å². The molecule has 1 aromatic heterocycles. The van der Waals surface area contributed by atoms with Gasteiger partial charge in [0.05, 0.1) is 16.7 Å². The fourth-order valence-electron chi connectivity index (χ4n) is 1.15. The monoisotopic (exact) mass is 214 g/mol. The number of aryl methyl sites for hydroxylation is 1. The second-order valence-corrected chi connectivity index (χ2v) is 4.84. The minimum Gasteiger partial charge on any atom is -0.388 e. The van der Waals surface area contributed by atoms with Crippen LogP contribution in [-0.4, -0.2) is 23.2 Å². The van der Waals surface area contributed by atoms with Crippen LogP contribution in [-0.2, 0) is 0 Å². The van der Waals surface area contributed by atoms with Gasteiger partial charge >= 0.3 is 0 Å². The van der Waals surface area contributed by atoms with E-state index < -0.39 is 6.10 Å². The van der Waals surface area contributed by atoms with Gasteiger partial charge in [-0.05, 0) is 27.7 Å². The lowest BCUT2D eigenvalue weighted by atomic mass is 10.3. The molecule has 0 aromatic carbocycles. The van der Waals surface area contributed by atoms with Crippen LogP contribution in [0.25, 0.3) is 0 Å². The van der Waals surface area contributed by atoms with Crippen LogP contribution in [0.15, 0.2) is 0 Å². The lowest BCUT2D eigenvalue weighted by Crippen LogP contribution is -2.25. The predicted molar refractivity (Wildman–Crippen MR) is 61.0 cm³/mol. The van der Waals surface area contributed by atoms with Gasteiger partial charge in [-0.15, -0.1) is 0 Å². The van der Waals surface area contributed by atoms with E-state index in [1.165, 1.54) is 0 Å². The maximum absolute atomic E-state index is 9.49. The highest BCUT2D eigenvalue weighted by atomic mass is 32.1. The van der Waals surface area contributed by atoms with Crippen molar-refractivity contribution in [1.82, 2.24) is 4.98 Å². The summed E-state index contributed by atoms with van der Waals surface area (Å²) in [5.41, 5.74) is 0.938. The molecule has 0 fully saturated rings. The molecule has 1 rings (SSSR count). The first-order valence-corrected chi connectivity index (χ1v) is 5.63. The van der Waals surface area contributed by atoms with Gasteiger partial charge < -0.3 is 10.0 Å². The van der Waals surface area contributed by atoms with Gasteiger partial charge in [-0.1, -0.05) is 11.3 Å². The third kappa shape index (κ3) is 2.25. The lowest BCUT2D eigenvalue weighted by molar-refractivity contribution is 0.202. The largest absolute Gasteiger partial charge is 0.388 e. The van der Waals surface area contributed by atoms with Gasteiger partial charge in [0.2, 0.25) is 0 Å². The first-order chi connectivity index (χ1) is 6.43. The normalized spacial score (nSPS) is 13.4. The van der Waals surface area contributed by atoms with Crippen LogP contribution in [0.1, 0.15) is 37.4 Å². The molecule has 0 saturated carbocycles. The molecule has 0 bridgehead atoms. The number of hydrogen-bond donors (Lipinski definition) is 1. The zero-order valence-corrected chi connectivity index (χ0v) is 10.2. The van der Waals surface area contributed by atoms with Crippen LogP contribution < -0.4 is 4.90 Å². The maximum Gasteiger partial charge on any atom is 0.185 e. The Morgan fingerprint density at radius 2 is 1.93 bits per heavy atom. The average molecular weight is 214 g/mol. The third-order valence-corrected chi connectivity index (χ3v) is 3.70. The van der Waals surface area contributed by atoms with Crippen molar-refractivity contribution in [3.63, 3.8) is 0 Å². The van der Waals surface area contributed by atoms with Crippen molar-refractivity contribution >= 4 is 16.5 Å². The predicted octanol–water partition coefficient (Wildman–Crippen LogP) is 2.35. The molecule has 1 aromatic rings. The van der Waals surface area contributed by atoms with E-state index in [0.717, 1.165) is 15.7 Å². The number of aliphatic hydroxyl groups is 1. The molecule has 0 radical (unpaired) electrons. The van der Waals surface area contributed by atoms with E-state index in [1.54, 1.807) is 18.3 Å². The molecule has 0 aliphatic carbocycles. The Morgan fingerprint density at radius 3 is 2.29 bits per heavy atom. The Kier molecular flexibility index (Phi) is 3.50. The molecule has 1 N–H and O–H groups in total. The van der Waals surface area contributed by atoms with Gasteiger partial charge in [0.1, 0.15) is 0 Å². The Bertz CT molecular complexity index is 307. The molecule has 3 nitrogen and oxygen atoms in total. The zero-order chi connectivity index (χ0) is 10.9. The van der Waals surface area contributed by atoms with Crippen LogP contribution in [0, 0.1) is 6.92 Å². The number of rotatable bonds is 3. The molecule has 0 saturated heterocycles. The van der Waals surface area contributed by atoms with Crippen molar-refractivity contribution in [3.8, 4) is 0 Å². The maximum atomic E-state index is 9.49. The Hall–Kier alpha value is -0.610. The number of hydrogen-bond acceptors (Lipinski definition) is 4. The molecule has 4 heteroatoms. The van der Waals surface area contributed by atoms with Crippen molar-refractivity contribution in [1.29, 1.82) is 0 Å². The standard InChI is InChI=1S/C10H18N2OS/c1-6(2)12(5)10-11-7(3)9(14-10)8(4)13/h6,8,13H,1-5H3. The smallest absolute Gasteiger partial charge is 0.185 e. The van der Waals surface area contributed by atoms with E-state index in [0.29, 0.717) is 6.04 Å². The summed E-state index contributed by atoms with van der Waals surface area (Å²) in [6, 6.07) is 0.433. The van der Waals surface area contributed by atoms with Crippen molar-refractivity contribution in [3.05, 3.63) is 10.6 Å². The molecule has 1 atom stereocenters. The highest BCUT2D eigenvalue weighted by Crippen LogP contribution is 2.30. The first-order valence-electron chi connectivity index (χ1n) is 4.81. The quantitative estimate of drug-likeness (QED) is 0.839. The van der Waals surface area contributed by atoms with E-state index in [2.05, 4.69) is 23.7 Å². The van der Waals surface area contributed by atoms with E-state index in [1.807, 2.05) is 14.0 Å². The van der Waals surface area contributed by atoms with Crippen molar-refractivity contribution in [2.24, 2.45) is 0 Å². The van der Waals surface area contributed by atoms with Gasteiger partial charge in [0, 0.05) is 13.1 Å². The lowest BCUT2D eigenvalue weighted by Gasteiger charge is -2.19. The Labute approximate surface area is 89.4 Å². The minimum absolute atomic E-state index is 0.415. The van der Waals surface area contributed by atoms with Crippen molar-refractivity contribution in [2.45, 2.75) is 39.8 Å². The summed E-state index contributed by atoms with van der Waals surface area (Å²) >= 11 is 1.57. The second-order valence-electron chi connectivity index (χ2n) is 3.83. The minimum atomic E-state index is -0.415. The summed E-state index contributed by atoms with van der Waals surface area (Å²) in [7, 11) is 2.02. The number of nitrogens with zero attached hydrogens (tertiary/aromatic N) is 2. The van der Waals surface area contributed by atoms with E-state index in [-0.39, 0.29) is 0 Å². The molecular formula is C10H18N2OS. The summed E-state index contributed by atoms with van der Waals surface area (Å²) in [5.74, 6) is 0. The zero-order valence-electron chi connectivity index (χ0n) is 9.40. The SMILES string of the molecule is Cc1nc(N(C)C(C)C)sc1C(C)O. The molecule has 0 amide bonds. The van der Waals surface area contributed by atoms with Gasteiger partial charge in [0.25, 0.3) is 0 Å². The van der Waals surface area contributed by atoms with Gasteiger partial charge in [-0.3, -0.25) is 0 Å². The van der Waals surface area contributed by atoms with Crippen LogP contribution in [0.4, 0.5) is 5.13 Å². The molecule has 1 heterocycles. The second kappa shape index (κ2) is 4.28. The fraction of sp³-hybridized carbons (Fsp3) is 0.700. The van der Waals surface area contributed by atoms with Gasteiger partial charge in [0.15, 0.2) is 5.13 Å². The number of aromatic nitrogens is 1. The summed E-state index contributed by atoms with van der Waals surface area (Å²) in [4.78, 5) is 7.52. The summed E-state index contributed by atoms with van der Waals surface area (Å²) in [5, 5.41) is 10.5. The molecule has 0 spiro atoms. The summed E-state index contributed by atoms with van der Waals surface area (Å²) in [6.45, 7) is 7.97. The van der Waals surface area contributed by atoms with Crippen LogP contribution in [0.2, 0.25) is 0 Å². The Balaban J connectivity index is 2.96. The number of anilines is 1. The topological polar surface area (TPSA) is 36.4 Å². The fourth-order valence-corrected chi connectivity index (χ4v) is 2.25. The van der Waals surface area contributed by atoms with Gasteiger partial charge in [-0.2, -0.15) is 0 Å². The molecule has 14 heavy (non-hydrogen) atoms. The number of thiazole rings is 1. The van der Waals surface area contributed by atoms with Crippen molar-refractivity contribution < 1.29 is 5.11 Å². The molecule has 0 aliphatic heterocycles. The summed E-state index contributed by atoms with van der Waals surface area (Å²) in [6.07, 6.45) is -0.415. The first kappa shape index (κ1) is 11.5. The van der Waals surface area contributed by atoms with Crippen LogP contribution in [0.5, 0.6) is 0 Å². The van der Waals surface area contributed by atoms with Gasteiger partial charge in [-0.25, -0.2) is 4.98 Å². The highest BCUT2D eigenvalue weighted by molar-refractivity contribution is 7.15. The number of aliphatic hydroxyl groups excluding tert-OH is 1. The van der Waals surface area contributed by atoms with Crippen molar-refractivity contribution in [2.75, 3.05) is 11.9 Å².